The first-order chi connectivity index (χ1) is 13.2. The van der Waals surface area contributed by atoms with Gasteiger partial charge in [-0.05, 0) is 30.3 Å². The fourth-order valence-corrected chi connectivity index (χ4v) is 2.91. The minimum Gasteiger partial charge on any atom is -0.457 e. The number of rotatable bonds is 5. The number of halogens is 1. The van der Waals surface area contributed by atoms with E-state index in [9.17, 15) is 4.79 Å². The van der Waals surface area contributed by atoms with Crippen molar-refractivity contribution in [1.82, 2.24) is 19.5 Å². The van der Waals surface area contributed by atoms with Crippen LogP contribution in [0.15, 0.2) is 67.1 Å². The molecule has 6 nitrogen and oxygen atoms in total. The van der Waals surface area contributed by atoms with Crippen LogP contribution in [0.3, 0.4) is 0 Å². The Hall–Kier alpha value is -3.25. The third-order valence-electron chi connectivity index (χ3n) is 4.02. The molecule has 1 aromatic carbocycles. The number of carbonyl (C=O) groups excluding carboxylic acids is 1. The maximum atomic E-state index is 12.2. The van der Waals surface area contributed by atoms with Crippen LogP contribution in [-0.2, 0) is 22.6 Å². The zero-order valence-corrected chi connectivity index (χ0v) is 15.0. The van der Waals surface area contributed by atoms with E-state index in [1.165, 1.54) is 6.20 Å². The summed E-state index contributed by atoms with van der Waals surface area (Å²) in [6, 6.07) is 15.1. The van der Waals surface area contributed by atoms with Crippen molar-refractivity contribution in [2.45, 2.75) is 13.0 Å². The molecule has 0 fully saturated rings. The van der Waals surface area contributed by atoms with Gasteiger partial charge in [0.1, 0.15) is 12.1 Å². The lowest BCUT2D eigenvalue weighted by molar-refractivity contribution is -0.144. The van der Waals surface area contributed by atoms with Gasteiger partial charge >= 0.3 is 5.97 Å². The zero-order valence-electron chi connectivity index (χ0n) is 14.2. The Morgan fingerprint density at radius 3 is 2.70 bits per heavy atom. The standard InChI is InChI=1S/C20H15ClN4O2/c21-14-6-7-15(23-11-14)10-20(26)27-13-19-24-17-12-22-9-8-18(17)25(19)16-4-2-1-3-5-16/h1-9,11-12H,10,13H2. The summed E-state index contributed by atoms with van der Waals surface area (Å²) < 4.78 is 7.40. The van der Waals surface area contributed by atoms with Crippen LogP contribution >= 0.6 is 11.6 Å². The van der Waals surface area contributed by atoms with Gasteiger partial charge in [0.05, 0.1) is 28.9 Å². The Kier molecular flexibility index (Phi) is 4.80. The topological polar surface area (TPSA) is 69.9 Å². The first-order valence-corrected chi connectivity index (χ1v) is 8.71. The second-order valence-electron chi connectivity index (χ2n) is 5.87. The minimum atomic E-state index is -0.380. The molecule has 0 atom stereocenters. The number of benzene rings is 1. The van der Waals surface area contributed by atoms with Gasteiger partial charge in [-0.3, -0.25) is 19.3 Å². The van der Waals surface area contributed by atoms with Crippen molar-refractivity contribution in [2.24, 2.45) is 0 Å². The van der Waals surface area contributed by atoms with E-state index in [4.69, 9.17) is 16.3 Å². The number of fused-ring (bicyclic) bond motifs is 1. The molecule has 0 bridgehead atoms. The molecule has 134 valence electrons. The average Bonchev–Trinajstić information content (AvgIpc) is 3.07. The van der Waals surface area contributed by atoms with Gasteiger partial charge in [-0.2, -0.15) is 0 Å². The summed E-state index contributed by atoms with van der Waals surface area (Å²) in [6.07, 6.45) is 4.99. The SMILES string of the molecule is O=C(Cc1ccc(Cl)cn1)OCc1nc2cnccc2n1-c1ccccc1. The molecular formula is C20H15ClN4O2. The largest absolute Gasteiger partial charge is 0.457 e. The molecule has 0 aliphatic heterocycles. The van der Waals surface area contributed by atoms with E-state index in [-0.39, 0.29) is 19.0 Å². The first kappa shape index (κ1) is 17.2. The quantitative estimate of drug-likeness (QED) is 0.494. The lowest BCUT2D eigenvalue weighted by atomic mass is 10.3. The minimum absolute atomic E-state index is 0.0516. The van der Waals surface area contributed by atoms with Gasteiger partial charge in [-0.25, -0.2) is 4.98 Å². The van der Waals surface area contributed by atoms with Crippen LogP contribution in [0.4, 0.5) is 0 Å². The van der Waals surface area contributed by atoms with E-state index in [2.05, 4.69) is 15.0 Å². The predicted molar refractivity (Wildman–Crippen MR) is 102 cm³/mol. The van der Waals surface area contributed by atoms with Crippen molar-refractivity contribution in [3.8, 4) is 5.69 Å². The molecule has 3 heterocycles. The number of nitrogens with zero attached hydrogens (tertiary/aromatic N) is 4. The Balaban J connectivity index is 1.57. The highest BCUT2D eigenvalue weighted by Gasteiger charge is 2.15. The lowest BCUT2D eigenvalue weighted by Gasteiger charge is -2.10. The van der Waals surface area contributed by atoms with E-state index in [1.54, 1.807) is 24.5 Å². The molecule has 0 N–H and O–H groups in total. The fourth-order valence-electron chi connectivity index (χ4n) is 2.80. The van der Waals surface area contributed by atoms with Crippen LogP contribution in [0.2, 0.25) is 5.02 Å². The highest BCUT2D eigenvalue weighted by Crippen LogP contribution is 2.21. The van der Waals surface area contributed by atoms with Gasteiger partial charge in [-0.15, -0.1) is 0 Å². The number of esters is 1. The molecule has 3 aromatic heterocycles. The summed E-state index contributed by atoms with van der Waals surface area (Å²) in [7, 11) is 0. The summed E-state index contributed by atoms with van der Waals surface area (Å²) in [4.78, 5) is 25.0. The van der Waals surface area contributed by atoms with Crippen molar-refractivity contribution < 1.29 is 9.53 Å². The first-order valence-electron chi connectivity index (χ1n) is 8.33. The molecule has 0 spiro atoms. The summed E-state index contributed by atoms with van der Waals surface area (Å²) in [6.45, 7) is 0.0516. The molecule has 4 rings (SSSR count). The van der Waals surface area contributed by atoms with Gasteiger partial charge in [0, 0.05) is 18.1 Å². The number of para-hydroxylation sites is 1. The summed E-state index contributed by atoms with van der Waals surface area (Å²) in [5.41, 5.74) is 3.19. The molecule has 0 radical (unpaired) electrons. The van der Waals surface area contributed by atoms with E-state index < -0.39 is 0 Å². The molecule has 0 saturated heterocycles. The van der Waals surface area contributed by atoms with Gasteiger partial charge < -0.3 is 4.74 Å². The zero-order chi connectivity index (χ0) is 18.6. The number of imidazole rings is 1. The van der Waals surface area contributed by atoms with E-state index in [0.717, 1.165) is 16.7 Å². The van der Waals surface area contributed by atoms with Crippen LogP contribution in [-0.4, -0.2) is 25.5 Å². The van der Waals surface area contributed by atoms with Gasteiger partial charge in [0.2, 0.25) is 0 Å². The molecule has 0 unspecified atom stereocenters. The maximum Gasteiger partial charge on any atom is 0.312 e. The summed E-state index contributed by atoms with van der Waals surface area (Å²) in [5.74, 6) is 0.247. The van der Waals surface area contributed by atoms with E-state index >= 15 is 0 Å². The Labute approximate surface area is 160 Å². The Bertz CT molecular complexity index is 1080. The number of carbonyl (C=O) groups is 1. The van der Waals surface area contributed by atoms with Crippen molar-refractivity contribution in [3.63, 3.8) is 0 Å². The predicted octanol–water partition coefficient (Wildman–Crippen LogP) is 3.75. The van der Waals surface area contributed by atoms with Gasteiger partial charge in [0.25, 0.3) is 0 Å². The summed E-state index contributed by atoms with van der Waals surface area (Å²) in [5, 5.41) is 0.525. The van der Waals surface area contributed by atoms with Crippen LogP contribution in [0.5, 0.6) is 0 Å². The number of ether oxygens (including phenoxy) is 1. The van der Waals surface area contributed by atoms with Crippen LogP contribution in [0.1, 0.15) is 11.5 Å². The molecule has 7 heteroatoms. The normalized spacial score (nSPS) is 10.9. The van der Waals surface area contributed by atoms with E-state index in [0.29, 0.717) is 16.5 Å². The van der Waals surface area contributed by atoms with Crippen LogP contribution < -0.4 is 0 Å². The molecule has 27 heavy (non-hydrogen) atoms. The van der Waals surface area contributed by atoms with Crippen molar-refractivity contribution in [3.05, 3.63) is 83.7 Å². The average molecular weight is 379 g/mol. The molecule has 4 aromatic rings. The van der Waals surface area contributed by atoms with E-state index in [1.807, 2.05) is 41.0 Å². The van der Waals surface area contributed by atoms with Crippen molar-refractivity contribution in [2.75, 3.05) is 0 Å². The Morgan fingerprint density at radius 1 is 1.07 bits per heavy atom. The number of aromatic nitrogens is 4. The van der Waals surface area contributed by atoms with Gasteiger partial charge in [-0.1, -0.05) is 29.8 Å². The highest BCUT2D eigenvalue weighted by molar-refractivity contribution is 6.30. The third-order valence-corrected chi connectivity index (χ3v) is 4.24. The Morgan fingerprint density at radius 2 is 1.93 bits per heavy atom. The molecule has 0 amide bonds. The maximum absolute atomic E-state index is 12.2. The molecular weight excluding hydrogens is 364 g/mol. The molecule has 0 saturated carbocycles. The van der Waals surface area contributed by atoms with Crippen LogP contribution in [0, 0.1) is 0 Å². The van der Waals surface area contributed by atoms with Crippen LogP contribution in [0.25, 0.3) is 16.7 Å². The molecule has 0 aliphatic carbocycles. The van der Waals surface area contributed by atoms with Crippen molar-refractivity contribution in [1.29, 1.82) is 0 Å². The monoisotopic (exact) mass is 378 g/mol. The van der Waals surface area contributed by atoms with Gasteiger partial charge in [0.15, 0.2) is 5.82 Å². The third kappa shape index (κ3) is 3.80. The lowest BCUT2D eigenvalue weighted by Crippen LogP contribution is -2.11. The second kappa shape index (κ2) is 7.55. The fraction of sp³-hybridized carbons (Fsp3) is 0.100. The highest BCUT2D eigenvalue weighted by atomic mass is 35.5. The van der Waals surface area contributed by atoms with Crippen molar-refractivity contribution >= 4 is 28.6 Å². The smallest absolute Gasteiger partial charge is 0.312 e. The number of hydrogen-bond acceptors (Lipinski definition) is 5. The number of hydrogen-bond donors (Lipinski definition) is 0. The second-order valence-corrected chi connectivity index (χ2v) is 6.31. The summed E-state index contributed by atoms with van der Waals surface area (Å²) >= 11 is 5.81. The number of pyridine rings is 2. The molecule has 0 aliphatic rings.